The fourth-order valence-electron chi connectivity index (χ4n) is 5.06. The molecule has 2 atom stereocenters. The van der Waals surface area contributed by atoms with E-state index in [1.54, 1.807) is 0 Å². The summed E-state index contributed by atoms with van der Waals surface area (Å²) in [5.41, 5.74) is 5.70. The molecule has 35 heavy (non-hydrogen) atoms. The van der Waals surface area contributed by atoms with Gasteiger partial charge in [0.15, 0.2) is 0 Å². The molecule has 0 saturated heterocycles. The molecule has 2 amide bonds. The maximum absolute atomic E-state index is 13.9. The highest BCUT2D eigenvalue weighted by Crippen LogP contribution is 2.37. The summed E-state index contributed by atoms with van der Waals surface area (Å²) in [7, 11) is 0. The number of aromatic nitrogens is 2. The zero-order valence-electron chi connectivity index (χ0n) is 20.4. The normalized spacial score (nSPS) is 17.5. The fourth-order valence-corrected chi connectivity index (χ4v) is 5.06. The van der Waals surface area contributed by atoms with E-state index in [9.17, 15) is 9.59 Å². The Bertz CT molecular complexity index is 1390. The van der Waals surface area contributed by atoms with Crippen LogP contribution in [0.25, 0.3) is 11.0 Å². The average molecular weight is 467 g/mol. The lowest BCUT2D eigenvalue weighted by atomic mass is 10.0. The van der Waals surface area contributed by atoms with Crippen molar-refractivity contribution in [1.29, 1.82) is 0 Å². The van der Waals surface area contributed by atoms with E-state index in [1.165, 1.54) is 0 Å². The lowest BCUT2D eigenvalue weighted by molar-refractivity contribution is -0.142. The third-order valence-corrected chi connectivity index (χ3v) is 6.92. The topological polar surface area (TPSA) is 67.2 Å². The largest absolute Gasteiger partial charge is 0.327 e. The van der Waals surface area contributed by atoms with Crippen LogP contribution in [0.1, 0.15) is 54.9 Å². The van der Waals surface area contributed by atoms with Gasteiger partial charge < -0.3 is 14.8 Å². The third-order valence-electron chi connectivity index (χ3n) is 6.92. The fraction of sp³-hybridized carbons (Fsp3) is 0.276. The van der Waals surface area contributed by atoms with E-state index in [1.807, 2.05) is 96.1 Å². The number of benzene rings is 3. The second-order valence-electron chi connectivity index (χ2n) is 9.19. The number of hydrogen-bond acceptors (Lipinski definition) is 3. The first kappa shape index (κ1) is 22.8. The predicted molar refractivity (Wildman–Crippen MR) is 138 cm³/mol. The molecule has 1 aromatic heterocycles. The van der Waals surface area contributed by atoms with Gasteiger partial charge in [0.1, 0.15) is 11.9 Å². The highest BCUT2D eigenvalue weighted by Gasteiger charge is 2.40. The van der Waals surface area contributed by atoms with E-state index in [0.717, 1.165) is 45.7 Å². The number of anilines is 1. The quantitative estimate of drug-likeness (QED) is 0.403. The molecule has 6 heteroatoms. The monoisotopic (exact) mass is 466 g/mol. The smallest absolute Gasteiger partial charge is 0.247 e. The van der Waals surface area contributed by atoms with Crippen LogP contribution in [0.2, 0.25) is 0 Å². The number of para-hydroxylation sites is 3. The van der Waals surface area contributed by atoms with Crippen LogP contribution in [0.4, 0.5) is 5.69 Å². The van der Waals surface area contributed by atoms with Crippen LogP contribution in [-0.2, 0) is 22.6 Å². The zero-order valence-corrected chi connectivity index (χ0v) is 20.4. The van der Waals surface area contributed by atoms with Crippen LogP contribution >= 0.6 is 0 Å². The van der Waals surface area contributed by atoms with Crippen LogP contribution in [-0.4, -0.2) is 26.3 Å². The molecule has 2 heterocycles. The number of nitrogens with zero attached hydrogens (tertiary/aromatic N) is 3. The van der Waals surface area contributed by atoms with Crippen molar-refractivity contribution in [1.82, 2.24) is 14.5 Å². The van der Waals surface area contributed by atoms with Gasteiger partial charge in [-0.2, -0.15) is 0 Å². The maximum atomic E-state index is 13.9. The predicted octanol–water partition coefficient (Wildman–Crippen LogP) is 5.58. The Balaban J connectivity index is 1.52. The first-order valence-electron chi connectivity index (χ1n) is 12.2. The summed E-state index contributed by atoms with van der Waals surface area (Å²) < 4.78 is 1.97. The van der Waals surface area contributed by atoms with Crippen LogP contribution in [0.15, 0.2) is 72.8 Å². The van der Waals surface area contributed by atoms with E-state index in [0.29, 0.717) is 6.54 Å². The van der Waals surface area contributed by atoms with Gasteiger partial charge in [-0.1, -0.05) is 67.6 Å². The summed E-state index contributed by atoms with van der Waals surface area (Å²) in [6, 6.07) is 22.9. The van der Waals surface area contributed by atoms with Crippen LogP contribution in [0.3, 0.4) is 0 Å². The van der Waals surface area contributed by atoms with Crippen molar-refractivity contribution in [2.24, 2.45) is 0 Å². The molecular weight excluding hydrogens is 436 g/mol. The van der Waals surface area contributed by atoms with E-state index in [2.05, 4.69) is 12.2 Å². The Morgan fingerprint density at radius 1 is 1.00 bits per heavy atom. The molecule has 0 radical (unpaired) electrons. The SMILES string of the molecule is CCc1cccc(C)c1NC(=O)CC1C(=O)N(Cc2ccccc2)C(C)c2nc3ccccc3n21. The van der Waals surface area contributed by atoms with Crippen molar-refractivity contribution >= 4 is 28.5 Å². The minimum Gasteiger partial charge on any atom is -0.327 e. The van der Waals surface area contributed by atoms with Crippen LogP contribution in [0, 0.1) is 6.92 Å². The van der Waals surface area contributed by atoms with Crippen LogP contribution in [0.5, 0.6) is 0 Å². The minimum absolute atomic E-state index is 0.0433. The van der Waals surface area contributed by atoms with Crippen molar-refractivity contribution in [2.45, 2.75) is 52.2 Å². The van der Waals surface area contributed by atoms with Gasteiger partial charge in [-0.15, -0.1) is 0 Å². The number of carbonyl (C=O) groups excluding carboxylic acids is 2. The molecule has 1 N–H and O–H groups in total. The van der Waals surface area contributed by atoms with E-state index in [-0.39, 0.29) is 24.3 Å². The first-order valence-corrected chi connectivity index (χ1v) is 12.2. The summed E-state index contributed by atoms with van der Waals surface area (Å²) >= 11 is 0. The van der Waals surface area contributed by atoms with E-state index >= 15 is 0 Å². The van der Waals surface area contributed by atoms with Gasteiger partial charge in [-0.25, -0.2) is 4.98 Å². The van der Waals surface area contributed by atoms with Gasteiger partial charge in [-0.05, 0) is 49.1 Å². The molecular formula is C29H30N4O2. The van der Waals surface area contributed by atoms with Gasteiger partial charge >= 0.3 is 0 Å². The highest BCUT2D eigenvalue weighted by molar-refractivity contribution is 5.97. The summed E-state index contributed by atoms with van der Waals surface area (Å²) in [6.07, 6.45) is 0.861. The summed E-state index contributed by atoms with van der Waals surface area (Å²) in [4.78, 5) is 34.0. The number of fused-ring (bicyclic) bond motifs is 3. The Morgan fingerprint density at radius 3 is 2.51 bits per heavy atom. The molecule has 0 aliphatic carbocycles. The Kier molecular flexibility index (Phi) is 6.12. The lowest BCUT2D eigenvalue weighted by Gasteiger charge is -2.38. The molecule has 1 aliphatic heterocycles. The minimum atomic E-state index is -0.661. The molecule has 0 saturated carbocycles. The summed E-state index contributed by atoms with van der Waals surface area (Å²) in [5.74, 6) is 0.572. The van der Waals surface area contributed by atoms with Crippen molar-refractivity contribution in [2.75, 3.05) is 5.32 Å². The standard InChI is InChI=1S/C29H30N4O2/c1-4-22-14-10-11-19(2)27(22)31-26(34)17-25-29(35)32(18-21-12-6-5-7-13-21)20(3)28-30-23-15-8-9-16-24(23)33(25)28/h5-16,20,25H,4,17-18H2,1-3H3,(H,31,34). The van der Waals surface area contributed by atoms with Gasteiger partial charge in [0.05, 0.1) is 23.5 Å². The van der Waals surface area contributed by atoms with Crippen LogP contribution < -0.4 is 5.32 Å². The van der Waals surface area contributed by atoms with Gasteiger partial charge in [0, 0.05) is 12.2 Å². The van der Waals surface area contributed by atoms with Gasteiger partial charge in [0.25, 0.3) is 0 Å². The molecule has 0 spiro atoms. The van der Waals surface area contributed by atoms with E-state index in [4.69, 9.17) is 4.98 Å². The van der Waals surface area contributed by atoms with Crippen molar-refractivity contribution in [3.8, 4) is 0 Å². The molecule has 0 fully saturated rings. The van der Waals surface area contributed by atoms with Crippen molar-refractivity contribution < 1.29 is 9.59 Å². The van der Waals surface area contributed by atoms with Crippen molar-refractivity contribution in [3.63, 3.8) is 0 Å². The zero-order chi connectivity index (χ0) is 24.5. The third kappa shape index (κ3) is 4.20. The highest BCUT2D eigenvalue weighted by atomic mass is 16.2. The molecule has 3 aromatic carbocycles. The number of nitrogens with one attached hydrogen (secondary N) is 1. The number of amides is 2. The molecule has 1 aliphatic rings. The Hall–Kier alpha value is -3.93. The maximum Gasteiger partial charge on any atom is 0.247 e. The second-order valence-corrected chi connectivity index (χ2v) is 9.19. The van der Waals surface area contributed by atoms with Crippen molar-refractivity contribution in [3.05, 3.63) is 95.3 Å². The average Bonchev–Trinajstić information content (AvgIpc) is 3.26. The molecule has 178 valence electrons. The first-order chi connectivity index (χ1) is 17.0. The number of hydrogen-bond donors (Lipinski definition) is 1. The lowest BCUT2D eigenvalue weighted by Crippen LogP contribution is -2.45. The molecule has 4 aromatic rings. The number of carbonyl (C=O) groups is 2. The number of aryl methyl sites for hydroxylation is 2. The number of rotatable bonds is 6. The molecule has 2 unspecified atom stereocenters. The molecule has 0 bridgehead atoms. The van der Waals surface area contributed by atoms with Gasteiger partial charge in [0.2, 0.25) is 11.8 Å². The number of imidazole rings is 1. The summed E-state index contributed by atoms with van der Waals surface area (Å²) in [5, 5.41) is 3.10. The molecule has 6 nitrogen and oxygen atoms in total. The summed E-state index contributed by atoms with van der Waals surface area (Å²) in [6.45, 7) is 6.54. The Morgan fingerprint density at radius 2 is 1.74 bits per heavy atom. The Labute approximate surface area is 205 Å². The second kappa shape index (κ2) is 9.37. The van der Waals surface area contributed by atoms with Gasteiger partial charge in [-0.3, -0.25) is 9.59 Å². The molecule has 5 rings (SSSR count). The van der Waals surface area contributed by atoms with E-state index < -0.39 is 6.04 Å².